The molecule has 1 N–H and O–H groups in total. The van der Waals surface area contributed by atoms with Gasteiger partial charge in [0.25, 0.3) is 11.5 Å². The zero-order valence-electron chi connectivity index (χ0n) is 18.5. The van der Waals surface area contributed by atoms with E-state index in [1.54, 1.807) is 32.4 Å². The number of benzene rings is 2. The number of hydrogen-bond acceptors (Lipinski definition) is 5. The smallest absolute Gasteiger partial charge is 0.294 e. The Hall–Kier alpha value is -4.01. The quantitative estimate of drug-likeness (QED) is 0.520. The van der Waals surface area contributed by atoms with Gasteiger partial charge in [-0.25, -0.2) is 0 Å². The van der Waals surface area contributed by atoms with E-state index in [0.717, 1.165) is 23.2 Å². The van der Waals surface area contributed by atoms with Crippen LogP contribution in [-0.2, 0) is 11.2 Å². The molecule has 0 spiro atoms. The predicted molar refractivity (Wildman–Crippen MR) is 125 cm³/mol. The van der Waals surface area contributed by atoms with Gasteiger partial charge in [0.05, 0.1) is 11.0 Å². The van der Waals surface area contributed by atoms with Crippen LogP contribution in [-0.4, -0.2) is 55.9 Å². The average molecular weight is 444 g/mol. The highest BCUT2D eigenvalue weighted by Crippen LogP contribution is 2.21. The fourth-order valence-electron chi connectivity index (χ4n) is 4.34. The lowest BCUT2D eigenvalue weighted by atomic mass is 10.1. The molecule has 0 bridgehead atoms. The van der Waals surface area contributed by atoms with Gasteiger partial charge in [-0.2, -0.15) is 0 Å². The Balaban J connectivity index is 1.43. The van der Waals surface area contributed by atoms with E-state index in [1.807, 2.05) is 38.1 Å². The number of carbonyl (C=O) groups excluding carboxylic acids is 2. The average Bonchev–Trinajstić information content (AvgIpc) is 3.23. The summed E-state index contributed by atoms with van der Waals surface area (Å²) in [6.07, 6.45) is 1.56. The molecule has 1 fully saturated rings. The summed E-state index contributed by atoms with van der Waals surface area (Å²) in [6, 6.07) is 12.9. The topological polar surface area (TPSA) is 104 Å². The van der Waals surface area contributed by atoms with Gasteiger partial charge in [-0.15, -0.1) is 10.2 Å². The van der Waals surface area contributed by atoms with Crippen LogP contribution in [0.2, 0.25) is 0 Å². The van der Waals surface area contributed by atoms with E-state index in [-0.39, 0.29) is 29.6 Å². The molecule has 0 saturated carbocycles. The lowest BCUT2D eigenvalue weighted by Crippen LogP contribution is -2.52. The number of aryl methyl sites for hydroxylation is 2. The lowest BCUT2D eigenvalue weighted by molar-refractivity contribution is -0.120. The molecule has 3 heterocycles. The van der Waals surface area contributed by atoms with Gasteiger partial charge in [-0.05, 0) is 49.2 Å². The summed E-state index contributed by atoms with van der Waals surface area (Å²) in [7, 11) is 0. The number of nitrogens with one attached hydrogen (secondary N) is 1. The van der Waals surface area contributed by atoms with Crippen molar-refractivity contribution in [3.8, 4) is 0 Å². The molecule has 1 saturated heterocycles. The number of aromatic nitrogens is 4. The first kappa shape index (κ1) is 20.9. The summed E-state index contributed by atoms with van der Waals surface area (Å²) in [4.78, 5) is 44.6. The summed E-state index contributed by atoms with van der Waals surface area (Å²) in [6.45, 7) is 4.88. The lowest BCUT2D eigenvalue weighted by Gasteiger charge is -2.34. The second-order valence-corrected chi connectivity index (χ2v) is 8.32. The number of carbonyl (C=O) groups is 2. The van der Waals surface area contributed by atoms with Crippen LogP contribution in [0.5, 0.6) is 0 Å². The number of fused-ring (bicyclic) bond motifs is 3. The van der Waals surface area contributed by atoms with Crippen molar-refractivity contribution in [1.29, 1.82) is 0 Å². The zero-order chi connectivity index (χ0) is 23.1. The fraction of sp³-hybridized carbons (Fsp3) is 0.292. The van der Waals surface area contributed by atoms with E-state index in [1.165, 1.54) is 0 Å². The van der Waals surface area contributed by atoms with Crippen molar-refractivity contribution in [2.75, 3.05) is 24.5 Å². The van der Waals surface area contributed by atoms with Crippen LogP contribution in [0, 0.1) is 6.92 Å². The van der Waals surface area contributed by atoms with E-state index in [4.69, 9.17) is 0 Å². The summed E-state index contributed by atoms with van der Waals surface area (Å²) in [5, 5.41) is 8.16. The molecular weight excluding hydrogens is 420 g/mol. The predicted octanol–water partition coefficient (Wildman–Crippen LogP) is 2.32. The van der Waals surface area contributed by atoms with Gasteiger partial charge >= 0.3 is 0 Å². The van der Waals surface area contributed by atoms with Crippen molar-refractivity contribution in [2.24, 2.45) is 0 Å². The van der Waals surface area contributed by atoms with Crippen LogP contribution < -0.4 is 10.5 Å². The third-order valence-corrected chi connectivity index (χ3v) is 5.96. The third-order valence-electron chi connectivity index (χ3n) is 5.96. The molecule has 2 aromatic carbocycles. The molecule has 0 atom stereocenters. The first-order chi connectivity index (χ1) is 16.0. The van der Waals surface area contributed by atoms with E-state index in [2.05, 4.69) is 15.2 Å². The molecule has 5 rings (SSSR count). The number of aromatic amines is 1. The molecule has 4 aromatic rings. The first-order valence-electron chi connectivity index (χ1n) is 11.0. The van der Waals surface area contributed by atoms with E-state index in [0.29, 0.717) is 36.4 Å². The number of amides is 2. The van der Waals surface area contributed by atoms with E-state index < -0.39 is 0 Å². The minimum atomic E-state index is -0.358. The van der Waals surface area contributed by atoms with Gasteiger partial charge in [-0.3, -0.25) is 18.8 Å². The zero-order valence-corrected chi connectivity index (χ0v) is 18.5. The van der Waals surface area contributed by atoms with Gasteiger partial charge in [0.15, 0.2) is 0 Å². The van der Waals surface area contributed by atoms with Crippen molar-refractivity contribution >= 4 is 34.2 Å². The Morgan fingerprint density at radius 1 is 1.09 bits per heavy atom. The van der Waals surface area contributed by atoms with Gasteiger partial charge in [0.2, 0.25) is 11.6 Å². The fourth-order valence-corrected chi connectivity index (χ4v) is 4.34. The maximum absolute atomic E-state index is 13.2. The second-order valence-electron chi connectivity index (χ2n) is 8.32. The number of rotatable bonds is 4. The van der Waals surface area contributed by atoms with Crippen LogP contribution in [0.1, 0.15) is 35.1 Å². The number of piperazine rings is 1. The Kier molecular flexibility index (Phi) is 5.16. The standard InChI is InChI=1S/C24H24N6O3/c1-3-5-20-26-27-22-23(32)25-18-13-16(8-9-19(18)30(20)22)24(33)28-10-11-29(21(31)14-28)17-7-4-6-15(2)12-17/h4,6-9,12-13H,3,5,10-11,14H2,1-2H3,(H,25,32). The molecule has 9 nitrogen and oxygen atoms in total. The summed E-state index contributed by atoms with van der Waals surface area (Å²) >= 11 is 0. The normalized spacial score (nSPS) is 14.4. The molecule has 9 heteroatoms. The summed E-state index contributed by atoms with van der Waals surface area (Å²) < 4.78 is 1.75. The van der Waals surface area contributed by atoms with Crippen molar-refractivity contribution in [1.82, 2.24) is 24.5 Å². The second kappa shape index (κ2) is 8.16. The Morgan fingerprint density at radius 2 is 1.94 bits per heavy atom. The molecule has 2 amide bonds. The van der Waals surface area contributed by atoms with Crippen molar-refractivity contribution in [2.45, 2.75) is 26.7 Å². The van der Waals surface area contributed by atoms with Gasteiger partial charge < -0.3 is 14.8 Å². The molecule has 168 valence electrons. The highest BCUT2D eigenvalue weighted by molar-refractivity contribution is 6.03. The van der Waals surface area contributed by atoms with Crippen LogP contribution in [0.15, 0.2) is 47.3 Å². The van der Waals surface area contributed by atoms with Crippen molar-refractivity contribution < 1.29 is 9.59 Å². The number of H-pyrrole nitrogens is 1. The first-order valence-corrected chi connectivity index (χ1v) is 11.0. The van der Waals surface area contributed by atoms with Gasteiger partial charge in [0.1, 0.15) is 12.4 Å². The molecule has 1 aliphatic heterocycles. The van der Waals surface area contributed by atoms with Gasteiger partial charge in [-0.1, -0.05) is 19.1 Å². The molecule has 33 heavy (non-hydrogen) atoms. The highest BCUT2D eigenvalue weighted by atomic mass is 16.2. The van der Waals surface area contributed by atoms with Crippen LogP contribution in [0.25, 0.3) is 16.7 Å². The van der Waals surface area contributed by atoms with Crippen LogP contribution in [0.3, 0.4) is 0 Å². The molecule has 1 aliphatic rings. The monoisotopic (exact) mass is 444 g/mol. The number of hydrogen-bond donors (Lipinski definition) is 1. The Labute approximate surface area is 189 Å². The molecule has 0 aliphatic carbocycles. The van der Waals surface area contributed by atoms with E-state index in [9.17, 15) is 14.4 Å². The van der Waals surface area contributed by atoms with E-state index >= 15 is 0 Å². The summed E-state index contributed by atoms with van der Waals surface area (Å²) in [5.41, 5.74) is 3.48. The minimum absolute atomic E-state index is 0.00640. The number of nitrogens with zero attached hydrogens (tertiary/aromatic N) is 5. The molecule has 0 unspecified atom stereocenters. The maximum atomic E-state index is 13.2. The maximum Gasteiger partial charge on any atom is 0.294 e. The highest BCUT2D eigenvalue weighted by Gasteiger charge is 2.29. The van der Waals surface area contributed by atoms with Gasteiger partial charge in [0, 0.05) is 30.8 Å². The third kappa shape index (κ3) is 3.65. The molecule has 0 radical (unpaired) electrons. The SMILES string of the molecule is CCCc1nnc2c(=O)[nH]c3cc(C(=O)N4CCN(c5cccc(C)c5)C(=O)C4)ccc3n12. The van der Waals surface area contributed by atoms with Crippen LogP contribution in [0.4, 0.5) is 5.69 Å². The minimum Gasteiger partial charge on any atom is -0.328 e. The van der Waals surface area contributed by atoms with Crippen LogP contribution >= 0.6 is 0 Å². The largest absolute Gasteiger partial charge is 0.328 e. The Bertz CT molecular complexity index is 1450. The molecular formula is C24H24N6O3. The van der Waals surface area contributed by atoms with Crippen molar-refractivity contribution in [3.63, 3.8) is 0 Å². The Morgan fingerprint density at radius 3 is 2.70 bits per heavy atom. The number of anilines is 1. The molecule has 2 aromatic heterocycles. The summed E-state index contributed by atoms with van der Waals surface area (Å²) in [5.74, 6) is 0.345. The van der Waals surface area contributed by atoms with Crippen molar-refractivity contribution in [3.05, 3.63) is 69.8 Å².